The molecule has 36 heavy (non-hydrogen) atoms. The molecule has 2 aliphatic rings. The van der Waals surface area contributed by atoms with E-state index in [9.17, 15) is 19.5 Å². The van der Waals surface area contributed by atoms with Gasteiger partial charge in [-0.05, 0) is 36.7 Å². The van der Waals surface area contributed by atoms with Gasteiger partial charge in [0, 0.05) is 12.1 Å². The van der Waals surface area contributed by atoms with E-state index < -0.39 is 35.4 Å². The number of carboxylic acids is 1. The first-order chi connectivity index (χ1) is 17.2. The number of alkyl carbamates (subject to hydrolysis) is 1. The molecule has 2 saturated carbocycles. The highest BCUT2D eigenvalue weighted by Gasteiger charge is 2.46. The Morgan fingerprint density at radius 2 is 1.47 bits per heavy atom. The Morgan fingerprint density at radius 3 is 1.94 bits per heavy atom. The van der Waals surface area contributed by atoms with Crippen molar-refractivity contribution in [1.82, 2.24) is 10.4 Å². The number of benzene rings is 1. The van der Waals surface area contributed by atoms with Gasteiger partial charge >= 0.3 is 18.0 Å². The van der Waals surface area contributed by atoms with E-state index in [4.69, 9.17) is 9.57 Å². The summed E-state index contributed by atoms with van der Waals surface area (Å²) in [7, 11) is 0. The standard InChI is InChI=1S/C28H42N2O6/c1-28(2,3)23(24(25(31)32)29-27(34)35-19-20-13-7-4-8-14-20)26(33)36-30(21-15-9-5-10-16-21)22-17-11-6-12-18-22/h4,7-8,13-14,21-24H,5-6,9-12,15-19H2,1-3H3,(H,29,34)(H,31,32)/t23?,24-/m0/s1. The second-order valence-corrected chi connectivity index (χ2v) is 11.2. The van der Waals surface area contributed by atoms with E-state index in [-0.39, 0.29) is 18.7 Å². The molecule has 2 atom stereocenters. The second-order valence-electron chi connectivity index (χ2n) is 11.2. The lowest BCUT2D eigenvalue weighted by molar-refractivity contribution is -0.231. The molecule has 1 aromatic carbocycles. The molecule has 8 heteroatoms. The van der Waals surface area contributed by atoms with Gasteiger partial charge in [0.2, 0.25) is 0 Å². The largest absolute Gasteiger partial charge is 0.480 e. The minimum Gasteiger partial charge on any atom is -0.480 e. The van der Waals surface area contributed by atoms with Crippen molar-refractivity contribution in [1.29, 1.82) is 0 Å². The molecule has 8 nitrogen and oxygen atoms in total. The molecule has 200 valence electrons. The Labute approximate surface area is 214 Å². The van der Waals surface area contributed by atoms with E-state index in [1.165, 1.54) is 12.8 Å². The molecular formula is C28H42N2O6. The maximum atomic E-state index is 13.7. The van der Waals surface area contributed by atoms with Crippen molar-refractivity contribution in [2.75, 3.05) is 0 Å². The third kappa shape index (κ3) is 7.95. The summed E-state index contributed by atoms with van der Waals surface area (Å²) < 4.78 is 5.25. The summed E-state index contributed by atoms with van der Waals surface area (Å²) in [6, 6.07) is 7.94. The molecule has 0 bridgehead atoms. The minimum atomic E-state index is -1.49. The van der Waals surface area contributed by atoms with Gasteiger partial charge in [-0.15, -0.1) is 5.06 Å². The zero-order valence-corrected chi connectivity index (χ0v) is 21.9. The number of hydrogen-bond acceptors (Lipinski definition) is 6. The predicted molar refractivity (Wildman–Crippen MR) is 136 cm³/mol. The Hall–Kier alpha value is -2.61. The number of nitrogens with zero attached hydrogens (tertiary/aromatic N) is 1. The molecule has 0 aliphatic heterocycles. The number of aliphatic carboxylic acids is 1. The SMILES string of the molecule is CC(C)(C)C(C(=O)ON(C1CCCCC1)C1CCCCC1)[C@H](NC(=O)OCc1ccccc1)C(=O)O. The molecular weight excluding hydrogens is 460 g/mol. The summed E-state index contributed by atoms with van der Waals surface area (Å²) in [4.78, 5) is 44.6. The molecule has 2 aliphatic carbocycles. The number of rotatable bonds is 9. The van der Waals surface area contributed by atoms with E-state index in [0.717, 1.165) is 56.9 Å². The fourth-order valence-corrected chi connectivity index (χ4v) is 5.45. The van der Waals surface area contributed by atoms with Crippen LogP contribution in [-0.4, -0.2) is 46.3 Å². The van der Waals surface area contributed by atoms with Crippen LogP contribution in [0.1, 0.15) is 90.5 Å². The van der Waals surface area contributed by atoms with Crippen LogP contribution in [0, 0.1) is 11.3 Å². The van der Waals surface area contributed by atoms with Crippen LogP contribution in [0.3, 0.4) is 0 Å². The molecule has 0 aromatic heterocycles. The lowest BCUT2D eigenvalue weighted by Crippen LogP contribution is -2.55. The average molecular weight is 503 g/mol. The molecule has 0 saturated heterocycles. The number of hydroxylamine groups is 2. The molecule has 1 aromatic rings. The van der Waals surface area contributed by atoms with Crippen molar-refractivity contribution in [2.24, 2.45) is 11.3 Å². The number of carboxylic acid groups (broad SMARTS) is 1. The average Bonchev–Trinajstić information content (AvgIpc) is 2.86. The summed E-state index contributed by atoms with van der Waals surface area (Å²) >= 11 is 0. The number of ether oxygens (including phenoxy) is 1. The summed E-state index contributed by atoms with van der Waals surface area (Å²) in [6.45, 7) is 5.37. The van der Waals surface area contributed by atoms with Crippen LogP contribution in [0.25, 0.3) is 0 Å². The second kappa shape index (κ2) is 13.1. The van der Waals surface area contributed by atoms with Crippen LogP contribution in [0.4, 0.5) is 4.79 Å². The van der Waals surface area contributed by atoms with Gasteiger partial charge in [-0.25, -0.2) is 14.4 Å². The maximum absolute atomic E-state index is 13.7. The zero-order chi connectivity index (χ0) is 26.1. The third-order valence-electron chi connectivity index (χ3n) is 7.34. The third-order valence-corrected chi connectivity index (χ3v) is 7.34. The molecule has 1 unspecified atom stereocenters. The van der Waals surface area contributed by atoms with Crippen LogP contribution in [0.2, 0.25) is 0 Å². The first kappa shape index (κ1) is 28.0. The van der Waals surface area contributed by atoms with Crippen LogP contribution in [-0.2, 0) is 25.8 Å². The van der Waals surface area contributed by atoms with Crippen molar-refractivity contribution in [3.63, 3.8) is 0 Å². The minimum absolute atomic E-state index is 0.000775. The number of carbonyl (C=O) groups is 3. The first-order valence-electron chi connectivity index (χ1n) is 13.4. The topological polar surface area (TPSA) is 105 Å². The highest BCUT2D eigenvalue weighted by atomic mass is 16.7. The smallest absolute Gasteiger partial charge is 0.408 e. The van der Waals surface area contributed by atoms with Gasteiger partial charge in [0.05, 0.1) is 5.92 Å². The summed E-state index contributed by atoms with van der Waals surface area (Å²) in [5, 5.41) is 14.4. The van der Waals surface area contributed by atoms with Gasteiger partial charge in [0.15, 0.2) is 0 Å². The molecule has 3 rings (SSSR count). The Kier molecular flexibility index (Phi) is 10.2. The number of carbonyl (C=O) groups excluding carboxylic acids is 2. The monoisotopic (exact) mass is 502 g/mol. The van der Waals surface area contributed by atoms with Crippen molar-refractivity contribution in [3.8, 4) is 0 Å². The zero-order valence-electron chi connectivity index (χ0n) is 21.9. The normalized spacial score (nSPS) is 19.3. The number of amides is 1. The van der Waals surface area contributed by atoms with E-state index >= 15 is 0 Å². The lowest BCUT2D eigenvalue weighted by Gasteiger charge is -2.41. The van der Waals surface area contributed by atoms with Crippen LogP contribution >= 0.6 is 0 Å². The van der Waals surface area contributed by atoms with Gasteiger partial charge in [0.25, 0.3) is 0 Å². The van der Waals surface area contributed by atoms with Crippen LogP contribution in [0.5, 0.6) is 0 Å². The molecule has 2 N–H and O–H groups in total. The van der Waals surface area contributed by atoms with E-state index in [2.05, 4.69) is 5.32 Å². The van der Waals surface area contributed by atoms with E-state index in [1.807, 2.05) is 35.4 Å². The van der Waals surface area contributed by atoms with Crippen molar-refractivity contribution in [3.05, 3.63) is 35.9 Å². The van der Waals surface area contributed by atoms with E-state index in [1.54, 1.807) is 20.8 Å². The van der Waals surface area contributed by atoms with Gasteiger partial charge in [-0.2, -0.15) is 0 Å². The molecule has 0 spiro atoms. The highest BCUT2D eigenvalue weighted by Crippen LogP contribution is 2.34. The number of nitrogens with one attached hydrogen (secondary N) is 1. The molecule has 1 amide bonds. The summed E-state index contributed by atoms with van der Waals surface area (Å²) in [5.74, 6) is -3.02. The lowest BCUT2D eigenvalue weighted by atomic mass is 9.76. The fraction of sp³-hybridized carbons (Fsp3) is 0.679. The van der Waals surface area contributed by atoms with Crippen molar-refractivity contribution in [2.45, 2.75) is 110 Å². The van der Waals surface area contributed by atoms with Crippen molar-refractivity contribution >= 4 is 18.0 Å². The van der Waals surface area contributed by atoms with Gasteiger partial charge in [0.1, 0.15) is 12.6 Å². The molecule has 2 fully saturated rings. The van der Waals surface area contributed by atoms with E-state index in [0.29, 0.717) is 0 Å². The van der Waals surface area contributed by atoms with Crippen molar-refractivity contribution < 1.29 is 29.1 Å². The first-order valence-corrected chi connectivity index (χ1v) is 13.4. The Balaban J connectivity index is 1.75. The fourth-order valence-electron chi connectivity index (χ4n) is 5.45. The van der Waals surface area contributed by atoms with Gasteiger partial charge in [-0.1, -0.05) is 89.6 Å². The highest BCUT2D eigenvalue weighted by molar-refractivity contribution is 5.87. The summed E-state index contributed by atoms with van der Waals surface area (Å²) in [6.07, 6.45) is 9.75. The Bertz CT molecular complexity index is 839. The Morgan fingerprint density at radius 1 is 0.944 bits per heavy atom. The van der Waals surface area contributed by atoms with Gasteiger partial charge in [-0.3, -0.25) is 0 Å². The summed E-state index contributed by atoms with van der Waals surface area (Å²) in [5.41, 5.74) is -0.000561. The van der Waals surface area contributed by atoms with Crippen LogP contribution < -0.4 is 5.32 Å². The molecule has 0 radical (unpaired) electrons. The number of hydrogen-bond donors (Lipinski definition) is 2. The molecule has 0 heterocycles. The maximum Gasteiger partial charge on any atom is 0.408 e. The van der Waals surface area contributed by atoms with Gasteiger partial charge < -0.3 is 20.0 Å². The van der Waals surface area contributed by atoms with Crippen LogP contribution in [0.15, 0.2) is 30.3 Å². The predicted octanol–water partition coefficient (Wildman–Crippen LogP) is 5.45. The quantitative estimate of drug-likeness (QED) is 0.432.